The SMILES string of the molecule is C=CCNc1cc(NCC(C)C)nc(C)n1. The second-order valence-electron chi connectivity index (χ2n) is 4.13. The van der Waals surface area contributed by atoms with E-state index in [1.807, 2.05) is 13.0 Å². The quantitative estimate of drug-likeness (QED) is 0.723. The molecule has 0 atom stereocenters. The van der Waals surface area contributed by atoms with Crippen molar-refractivity contribution in [3.05, 3.63) is 24.5 Å². The maximum Gasteiger partial charge on any atom is 0.132 e. The minimum absolute atomic E-state index is 0.597. The maximum atomic E-state index is 4.33. The number of nitrogens with one attached hydrogen (secondary N) is 2. The highest BCUT2D eigenvalue weighted by Gasteiger charge is 2.01. The van der Waals surface area contributed by atoms with Crippen LogP contribution in [0, 0.1) is 12.8 Å². The number of nitrogens with zero attached hydrogens (tertiary/aromatic N) is 2. The van der Waals surface area contributed by atoms with Crippen LogP contribution in [-0.2, 0) is 0 Å². The van der Waals surface area contributed by atoms with Crippen molar-refractivity contribution < 1.29 is 0 Å². The van der Waals surface area contributed by atoms with Crippen molar-refractivity contribution in [3.8, 4) is 0 Å². The Labute approximate surface area is 97.2 Å². The third-order valence-electron chi connectivity index (χ3n) is 1.96. The second-order valence-corrected chi connectivity index (χ2v) is 4.13. The summed E-state index contributed by atoms with van der Waals surface area (Å²) in [7, 11) is 0. The summed E-state index contributed by atoms with van der Waals surface area (Å²) < 4.78 is 0. The van der Waals surface area contributed by atoms with E-state index in [0.29, 0.717) is 12.5 Å². The summed E-state index contributed by atoms with van der Waals surface area (Å²) in [5.41, 5.74) is 0. The molecule has 0 aliphatic heterocycles. The molecule has 0 unspecified atom stereocenters. The lowest BCUT2D eigenvalue weighted by molar-refractivity contribution is 0.686. The van der Waals surface area contributed by atoms with Gasteiger partial charge in [-0.15, -0.1) is 6.58 Å². The molecule has 0 saturated heterocycles. The highest BCUT2D eigenvalue weighted by Crippen LogP contribution is 2.11. The molecule has 0 aliphatic rings. The number of rotatable bonds is 6. The Morgan fingerprint density at radius 1 is 1.31 bits per heavy atom. The molecule has 1 aromatic rings. The fraction of sp³-hybridized carbons (Fsp3) is 0.500. The number of anilines is 2. The molecule has 16 heavy (non-hydrogen) atoms. The molecule has 2 N–H and O–H groups in total. The smallest absolute Gasteiger partial charge is 0.132 e. The summed E-state index contributed by atoms with van der Waals surface area (Å²) in [6.45, 7) is 11.5. The molecular formula is C12H20N4. The van der Waals surface area contributed by atoms with Gasteiger partial charge < -0.3 is 10.6 Å². The molecule has 0 fully saturated rings. The highest BCUT2D eigenvalue weighted by atomic mass is 15.1. The molecule has 88 valence electrons. The summed E-state index contributed by atoms with van der Waals surface area (Å²) in [5.74, 6) is 3.06. The zero-order valence-electron chi connectivity index (χ0n) is 10.2. The van der Waals surface area contributed by atoms with E-state index < -0.39 is 0 Å². The molecule has 0 radical (unpaired) electrons. The summed E-state index contributed by atoms with van der Waals surface area (Å²) in [5, 5.41) is 6.44. The van der Waals surface area contributed by atoms with Gasteiger partial charge in [0.15, 0.2) is 0 Å². The van der Waals surface area contributed by atoms with Crippen molar-refractivity contribution in [2.75, 3.05) is 23.7 Å². The van der Waals surface area contributed by atoms with E-state index in [0.717, 1.165) is 24.0 Å². The third kappa shape index (κ3) is 4.29. The number of hydrogen-bond acceptors (Lipinski definition) is 4. The molecule has 0 amide bonds. The fourth-order valence-electron chi connectivity index (χ4n) is 1.23. The second kappa shape index (κ2) is 6.10. The van der Waals surface area contributed by atoms with Crippen molar-refractivity contribution in [2.45, 2.75) is 20.8 Å². The largest absolute Gasteiger partial charge is 0.370 e. The standard InChI is InChI=1S/C12H20N4/c1-5-6-13-11-7-12(14-8-9(2)3)16-10(4)15-11/h5,7,9H,1,6,8H2,2-4H3,(H2,13,14,15,16). The molecule has 0 aliphatic carbocycles. The number of aryl methyl sites for hydroxylation is 1. The molecule has 0 saturated carbocycles. The summed E-state index contributed by atoms with van der Waals surface area (Å²) in [4.78, 5) is 8.61. The first kappa shape index (κ1) is 12.5. The lowest BCUT2D eigenvalue weighted by Gasteiger charge is -2.10. The molecule has 0 spiro atoms. The monoisotopic (exact) mass is 220 g/mol. The van der Waals surface area contributed by atoms with Gasteiger partial charge in [-0.2, -0.15) is 0 Å². The van der Waals surface area contributed by atoms with E-state index in [1.54, 1.807) is 6.08 Å². The van der Waals surface area contributed by atoms with Crippen LogP contribution in [0.25, 0.3) is 0 Å². The zero-order valence-corrected chi connectivity index (χ0v) is 10.2. The summed E-state index contributed by atoms with van der Waals surface area (Å²) in [6.07, 6.45) is 1.80. The molecule has 0 aromatic carbocycles. The van der Waals surface area contributed by atoms with Crippen molar-refractivity contribution in [3.63, 3.8) is 0 Å². The molecule has 4 nitrogen and oxygen atoms in total. The van der Waals surface area contributed by atoms with E-state index in [9.17, 15) is 0 Å². The van der Waals surface area contributed by atoms with Gasteiger partial charge in [0.25, 0.3) is 0 Å². The maximum absolute atomic E-state index is 4.33. The predicted octanol–water partition coefficient (Wildman–Crippen LogP) is 2.45. The minimum atomic E-state index is 0.597. The van der Waals surface area contributed by atoms with Gasteiger partial charge in [-0.25, -0.2) is 9.97 Å². The first-order chi connectivity index (χ1) is 7.61. The molecular weight excluding hydrogens is 200 g/mol. The normalized spacial score (nSPS) is 10.2. The van der Waals surface area contributed by atoms with Gasteiger partial charge in [0, 0.05) is 19.2 Å². The van der Waals surface area contributed by atoms with Crippen LogP contribution in [-0.4, -0.2) is 23.1 Å². The van der Waals surface area contributed by atoms with Crippen LogP contribution >= 0.6 is 0 Å². The molecule has 1 aromatic heterocycles. The zero-order chi connectivity index (χ0) is 12.0. The molecule has 4 heteroatoms. The Morgan fingerprint density at radius 2 is 1.94 bits per heavy atom. The summed E-state index contributed by atoms with van der Waals surface area (Å²) >= 11 is 0. The van der Waals surface area contributed by atoms with Crippen LogP contribution in [0.5, 0.6) is 0 Å². The number of aromatic nitrogens is 2. The first-order valence-corrected chi connectivity index (χ1v) is 5.56. The Kier molecular flexibility index (Phi) is 4.76. The van der Waals surface area contributed by atoms with E-state index >= 15 is 0 Å². The minimum Gasteiger partial charge on any atom is -0.370 e. The molecule has 1 heterocycles. The van der Waals surface area contributed by atoms with Gasteiger partial charge >= 0.3 is 0 Å². The fourth-order valence-corrected chi connectivity index (χ4v) is 1.23. The van der Waals surface area contributed by atoms with E-state index in [-0.39, 0.29) is 0 Å². The molecule has 0 bridgehead atoms. The molecule has 1 rings (SSSR count). The Morgan fingerprint density at radius 3 is 2.50 bits per heavy atom. The summed E-state index contributed by atoms with van der Waals surface area (Å²) in [6, 6.07) is 1.92. The van der Waals surface area contributed by atoms with E-state index in [1.165, 1.54) is 0 Å². The average molecular weight is 220 g/mol. The van der Waals surface area contributed by atoms with Crippen LogP contribution < -0.4 is 10.6 Å². The van der Waals surface area contributed by atoms with Crippen LogP contribution in [0.2, 0.25) is 0 Å². The van der Waals surface area contributed by atoms with Crippen LogP contribution in [0.15, 0.2) is 18.7 Å². The Bertz CT molecular complexity index is 347. The Hall–Kier alpha value is -1.58. The van der Waals surface area contributed by atoms with Gasteiger partial charge in [-0.1, -0.05) is 19.9 Å². The van der Waals surface area contributed by atoms with E-state index in [4.69, 9.17) is 0 Å². The lowest BCUT2D eigenvalue weighted by atomic mass is 10.2. The van der Waals surface area contributed by atoms with Gasteiger partial charge in [-0.3, -0.25) is 0 Å². The topological polar surface area (TPSA) is 49.8 Å². The van der Waals surface area contributed by atoms with E-state index in [2.05, 4.69) is 41.0 Å². The first-order valence-electron chi connectivity index (χ1n) is 5.56. The Balaban J connectivity index is 2.69. The van der Waals surface area contributed by atoms with Gasteiger partial charge in [-0.05, 0) is 12.8 Å². The van der Waals surface area contributed by atoms with Gasteiger partial charge in [0.05, 0.1) is 0 Å². The van der Waals surface area contributed by atoms with Crippen LogP contribution in [0.3, 0.4) is 0 Å². The van der Waals surface area contributed by atoms with Crippen LogP contribution in [0.4, 0.5) is 11.6 Å². The van der Waals surface area contributed by atoms with Crippen LogP contribution in [0.1, 0.15) is 19.7 Å². The predicted molar refractivity (Wildman–Crippen MR) is 68.8 cm³/mol. The van der Waals surface area contributed by atoms with Crippen molar-refractivity contribution in [1.29, 1.82) is 0 Å². The lowest BCUT2D eigenvalue weighted by Crippen LogP contribution is -2.11. The van der Waals surface area contributed by atoms with Gasteiger partial charge in [0.1, 0.15) is 17.5 Å². The van der Waals surface area contributed by atoms with Crippen molar-refractivity contribution in [2.24, 2.45) is 5.92 Å². The van der Waals surface area contributed by atoms with Gasteiger partial charge in [0.2, 0.25) is 0 Å². The highest BCUT2D eigenvalue weighted by molar-refractivity contribution is 5.47. The average Bonchev–Trinajstić information content (AvgIpc) is 2.23. The van der Waals surface area contributed by atoms with Crippen molar-refractivity contribution >= 4 is 11.6 Å². The van der Waals surface area contributed by atoms with Crippen molar-refractivity contribution in [1.82, 2.24) is 9.97 Å². The number of hydrogen-bond donors (Lipinski definition) is 2. The third-order valence-corrected chi connectivity index (χ3v) is 1.96.